The first-order chi connectivity index (χ1) is 30.3. The molecule has 1 unspecified atom stereocenters. The van der Waals surface area contributed by atoms with E-state index in [4.69, 9.17) is 14.2 Å². The minimum absolute atomic E-state index is 0.0639. The summed E-state index contributed by atoms with van der Waals surface area (Å²) in [4.78, 5) is 38.0. The number of unbranched alkanes of at least 4 members (excludes halogenated alkanes) is 34. The minimum Gasteiger partial charge on any atom is -0.462 e. The van der Waals surface area contributed by atoms with Crippen molar-refractivity contribution in [2.45, 2.75) is 317 Å². The lowest BCUT2D eigenvalue weighted by Crippen LogP contribution is -2.30. The van der Waals surface area contributed by atoms with Crippen LogP contribution in [-0.4, -0.2) is 37.2 Å². The number of rotatable bonds is 50. The van der Waals surface area contributed by atoms with Gasteiger partial charge in [-0.25, -0.2) is 0 Å². The lowest BCUT2D eigenvalue weighted by molar-refractivity contribution is -0.167. The lowest BCUT2D eigenvalue weighted by Gasteiger charge is -2.18. The molecule has 62 heavy (non-hydrogen) atoms. The van der Waals surface area contributed by atoms with Gasteiger partial charge in [0, 0.05) is 19.3 Å². The van der Waals surface area contributed by atoms with E-state index in [2.05, 4.69) is 34.6 Å². The molecular formula is C56H108O6. The van der Waals surface area contributed by atoms with Gasteiger partial charge in [-0.1, -0.05) is 272 Å². The second kappa shape index (κ2) is 48.9. The summed E-state index contributed by atoms with van der Waals surface area (Å²) in [5, 5.41) is 0. The summed E-state index contributed by atoms with van der Waals surface area (Å²) in [5.41, 5.74) is 0. The van der Waals surface area contributed by atoms with E-state index >= 15 is 0 Å². The number of hydrogen-bond donors (Lipinski definition) is 0. The van der Waals surface area contributed by atoms with Gasteiger partial charge < -0.3 is 14.2 Å². The number of esters is 3. The van der Waals surface area contributed by atoms with Crippen LogP contribution in [-0.2, 0) is 28.6 Å². The highest BCUT2D eigenvalue weighted by Gasteiger charge is 2.19. The first-order valence-electron chi connectivity index (χ1n) is 27.8. The van der Waals surface area contributed by atoms with Crippen LogP contribution < -0.4 is 0 Å². The highest BCUT2D eigenvalue weighted by molar-refractivity contribution is 5.71. The van der Waals surface area contributed by atoms with Crippen LogP contribution in [0.15, 0.2) is 0 Å². The Bertz CT molecular complexity index is 949. The van der Waals surface area contributed by atoms with Gasteiger partial charge in [-0.05, 0) is 31.1 Å². The fourth-order valence-corrected chi connectivity index (χ4v) is 8.49. The summed E-state index contributed by atoms with van der Waals surface area (Å²) >= 11 is 0. The van der Waals surface area contributed by atoms with Crippen LogP contribution in [0.1, 0.15) is 311 Å². The largest absolute Gasteiger partial charge is 0.462 e. The van der Waals surface area contributed by atoms with Gasteiger partial charge in [0.2, 0.25) is 0 Å². The second-order valence-electron chi connectivity index (χ2n) is 19.9. The standard InChI is InChI=1S/C56H108O6/c1-6-8-9-10-11-12-13-14-15-16-20-23-26-31-36-41-46-54(57)60-49-53(62-56(59)48-43-38-33-28-29-34-39-44-51(3)4)50-61-55(58)47-42-37-32-27-24-21-18-17-19-22-25-30-35-40-45-52(5)7-2/h51-53H,6-50H2,1-5H3/t52?,53-/m1/s1. The highest BCUT2D eigenvalue weighted by atomic mass is 16.6. The topological polar surface area (TPSA) is 78.9 Å². The van der Waals surface area contributed by atoms with Gasteiger partial charge in [-0.2, -0.15) is 0 Å². The molecule has 0 N–H and O–H groups in total. The van der Waals surface area contributed by atoms with Gasteiger partial charge in [-0.15, -0.1) is 0 Å². The predicted molar refractivity (Wildman–Crippen MR) is 266 cm³/mol. The van der Waals surface area contributed by atoms with E-state index in [-0.39, 0.29) is 31.1 Å². The van der Waals surface area contributed by atoms with Crippen LogP contribution in [0.25, 0.3) is 0 Å². The Morgan fingerprint density at radius 1 is 0.339 bits per heavy atom. The van der Waals surface area contributed by atoms with E-state index in [1.807, 2.05) is 0 Å². The van der Waals surface area contributed by atoms with Crippen molar-refractivity contribution in [3.05, 3.63) is 0 Å². The Kier molecular flexibility index (Phi) is 47.6. The van der Waals surface area contributed by atoms with Crippen LogP contribution in [0.5, 0.6) is 0 Å². The van der Waals surface area contributed by atoms with Crippen LogP contribution in [0.4, 0.5) is 0 Å². The molecule has 0 fully saturated rings. The third-order valence-corrected chi connectivity index (χ3v) is 13.1. The van der Waals surface area contributed by atoms with Crippen LogP contribution in [0, 0.1) is 11.8 Å². The minimum atomic E-state index is -0.762. The maximum absolute atomic E-state index is 12.8. The monoisotopic (exact) mass is 877 g/mol. The smallest absolute Gasteiger partial charge is 0.306 e. The molecule has 368 valence electrons. The first kappa shape index (κ1) is 60.4. The third-order valence-electron chi connectivity index (χ3n) is 13.1. The molecule has 0 saturated carbocycles. The Morgan fingerprint density at radius 2 is 0.613 bits per heavy atom. The van der Waals surface area contributed by atoms with Crippen molar-refractivity contribution >= 4 is 17.9 Å². The highest BCUT2D eigenvalue weighted by Crippen LogP contribution is 2.18. The number of carbonyl (C=O) groups excluding carboxylic acids is 3. The van der Waals surface area contributed by atoms with Gasteiger partial charge >= 0.3 is 17.9 Å². The Hall–Kier alpha value is -1.59. The molecule has 0 heterocycles. The number of ether oxygens (including phenoxy) is 3. The molecule has 0 aliphatic carbocycles. The van der Waals surface area contributed by atoms with E-state index in [0.717, 1.165) is 69.6 Å². The average Bonchev–Trinajstić information content (AvgIpc) is 3.26. The SMILES string of the molecule is CCCCCCCCCCCCCCCCCCC(=O)OC[C@H](COC(=O)CCCCCCCCCCCCCCCCC(C)CC)OC(=O)CCCCCCCCCC(C)C. The average molecular weight is 877 g/mol. The second-order valence-corrected chi connectivity index (χ2v) is 19.9. The van der Waals surface area contributed by atoms with E-state index in [1.165, 1.54) is 199 Å². The Morgan fingerprint density at radius 3 is 0.919 bits per heavy atom. The van der Waals surface area contributed by atoms with E-state index in [9.17, 15) is 14.4 Å². The van der Waals surface area contributed by atoms with Crippen molar-refractivity contribution in [2.24, 2.45) is 11.8 Å². The van der Waals surface area contributed by atoms with Gasteiger partial charge in [-0.3, -0.25) is 14.4 Å². The lowest BCUT2D eigenvalue weighted by atomic mass is 9.99. The van der Waals surface area contributed by atoms with Crippen molar-refractivity contribution in [1.29, 1.82) is 0 Å². The summed E-state index contributed by atoms with van der Waals surface area (Å²) in [7, 11) is 0. The maximum Gasteiger partial charge on any atom is 0.306 e. The third kappa shape index (κ3) is 47.9. The van der Waals surface area contributed by atoms with Crippen molar-refractivity contribution in [3.8, 4) is 0 Å². The molecule has 0 aromatic rings. The molecule has 0 saturated heterocycles. The quantitative estimate of drug-likeness (QED) is 0.0344. The van der Waals surface area contributed by atoms with Crippen molar-refractivity contribution in [2.75, 3.05) is 13.2 Å². The van der Waals surface area contributed by atoms with Gasteiger partial charge in [0.05, 0.1) is 0 Å². The van der Waals surface area contributed by atoms with E-state index < -0.39 is 6.10 Å². The van der Waals surface area contributed by atoms with Crippen LogP contribution in [0.2, 0.25) is 0 Å². The zero-order valence-electron chi connectivity index (χ0n) is 42.5. The van der Waals surface area contributed by atoms with Crippen molar-refractivity contribution in [3.63, 3.8) is 0 Å². The van der Waals surface area contributed by atoms with E-state index in [0.29, 0.717) is 19.3 Å². The Balaban J connectivity index is 4.24. The molecule has 0 radical (unpaired) electrons. The molecular weight excluding hydrogens is 769 g/mol. The molecule has 6 nitrogen and oxygen atoms in total. The summed E-state index contributed by atoms with van der Waals surface area (Å²) in [5.74, 6) is 0.827. The van der Waals surface area contributed by atoms with Crippen molar-refractivity contribution < 1.29 is 28.6 Å². The van der Waals surface area contributed by atoms with E-state index in [1.54, 1.807) is 0 Å². The molecule has 0 amide bonds. The summed E-state index contributed by atoms with van der Waals surface area (Å²) in [6.07, 6.45) is 50.9. The molecule has 0 spiro atoms. The molecule has 0 aromatic heterocycles. The van der Waals surface area contributed by atoms with Crippen LogP contribution in [0.3, 0.4) is 0 Å². The number of hydrogen-bond acceptors (Lipinski definition) is 6. The summed E-state index contributed by atoms with van der Waals surface area (Å²) < 4.78 is 16.8. The normalized spacial score (nSPS) is 12.5. The molecule has 0 aliphatic rings. The van der Waals surface area contributed by atoms with Gasteiger partial charge in [0.1, 0.15) is 13.2 Å². The molecule has 0 aromatic carbocycles. The zero-order chi connectivity index (χ0) is 45.4. The number of carbonyl (C=O) groups is 3. The zero-order valence-corrected chi connectivity index (χ0v) is 42.5. The summed E-state index contributed by atoms with van der Waals surface area (Å²) in [6, 6.07) is 0. The maximum atomic E-state index is 12.8. The molecule has 0 bridgehead atoms. The fraction of sp³-hybridized carbons (Fsp3) is 0.946. The first-order valence-corrected chi connectivity index (χ1v) is 27.8. The van der Waals surface area contributed by atoms with Gasteiger partial charge in [0.25, 0.3) is 0 Å². The van der Waals surface area contributed by atoms with Crippen molar-refractivity contribution in [1.82, 2.24) is 0 Å². The molecule has 0 aliphatic heterocycles. The summed E-state index contributed by atoms with van der Waals surface area (Å²) in [6.45, 7) is 11.4. The fourth-order valence-electron chi connectivity index (χ4n) is 8.49. The molecule has 6 heteroatoms. The Labute approximate surface area is 387 Å². The predicted octanol–water partition coefficient (Wildman–Crippen LogP) is 18.1. The molecule has 2 atom stereocenters. The van der Waals surface area contributed by atoms with Gasteiger partial charge in [0.15, 0.2) is 6.10 Å². The van der Waals surface area contributed by atoms with Crippen LogP contribution >= 0.6 is 0 Å². The molecule has 0 rings (SSSR count).